The molecular weight excluding hydrogens is 244 g/mol. The lowest BCUT2D eigenvalue weighted by atomic mass is 10.0. The Labute approximate surface area is 123 Å². The van der Waals surface area contributed by atoms with Gasteiger partial charge in [-0.25, -0.2) is 0 Å². The van der Waals surface area contributed by atoms with E-state index < -0.39 is 0 Å². The normalized spacial score (nSPS) is 18.6. The van der Waals surface area contributed by atoms with Crippen molar-refractivity contribution in [2.45, 2.75) is 51.2 Å². The van der Waals surface area contributed by atoms with E-state index in [1.807, 2.05) is 0 Å². The largest absolute Gasteiger partial charge is 0.301 e. The van der Waals surface area contributed by atoms with Crippen molar-refractivity contribution in [1.82, 2.24) is 10.2 Å². The Hall–Kier alpha value is -1.30. The number of hydrogen-bond donors (Lipinski definition) is 1. The molecule has 0 aliphatic carbocycles. The highest BCUT2D eigenvalue weighted by atomic mass is 15.1. The molecule has 1 aliphatic rings. The first kappa shape index (κ1) is 15.1. The number of nitrogens with one attached hydrogen (secondary N) is 1. The van der Waals surface area contributed by atoms with E-state index in [0.717, 1.165) is 32.5 Å². The summed E-state index contributed by atoms with van der Waals surface area (Å²) in [5.74, 6) is 2.88. The van der Waals surface area contributed by atoms with Crippen LogP contribution in [0.15, 0.2) is 30.3 Å². The van der Waals surface area contributed by atoms with Crippen LogP contribution >= 0.6 is 0 Å². The van der Waals surface area contributed by atoms with Crippen LogP contribution in [0.3, 0.4) is 0 Å². The maximum Gasteiger partial charge on any atom is 0.0688 e. The third-order valence-electron chi connectivity index (χ3n) is 4.05. The first-order chi connectivity index (χ1) is 9.81. The van der Waals surface area contributed by atoms with E-state index in [1.54, 1.807) is 0 Å². The minimum absolute atomic E-state index is 0.255. The Bertz CT molecular complexity index is 413. The quantitative estimate of drug-likeness (QED) is 0.799. The fraction of sp³-hybridized carbons (Fsp3) is 0.556. The molecule has 1 unspecified atom stereocenters. The van der Waals surface area contributed by atoms with Crippen molar-refractivity contribution in [3.63, 3.8) is 0 Å². The third-order valence-corrected chi connectivity index (χ3v) is 4.05. The van der Waals surface area contributed by atoms with Crippen molar-refractivity contribution >= 4 is 0 Å². The zero-order chi connectivity index (χ0) is 14.2. The summed E-state index contributed by atoms with van der Waals surface area (Å²) in [7, 11) is 0. The molecule has 20 heavy (non-hydrogen) atoms. The Balaban J connectivity index is 1.74. The lowest BCUT2D eigenvalue weighted by molar-refractivity contribution is 0.187. The molecule has 1 saturated heterocycles. The van der Waals surface area contributed by atoms with E-state index in [1.165, 1.54) is 18.4 Å². The van der Waals surface area contributed by atoms with Crippen LogP contribution in [0.2, 0.25) is 0 Å². The maximum atomic E-state index is 5.58. The van der Waals surface area contributed by atoms with Crippen molar-refractivity contribution in [3.8, 4) is 12.3 Å². The van der Waals surface area contributed by atoms with E-state index in [2.05, 4.69) is 53.4 Å². The molecule has 1 aromatic rings. The second kappa shape index (κ2) is 8.09. The number of terminal acetylenes is 1. The summed E-state index contributed by atoms with van der Waals surface area (Å²) in [4.78, 5) is 2.54. The molecule has 0 spiro atoms. The Morgan fingerprint density at radius 2 is 2.00 bits per heavy atom. The zero-order valence-electron chi connectivity index (χ0n) is 12.5. The van der Waals surface area contributed by atoms with Gasteiger partial charge in [-0.15, -0.1) is 6.42 Å². The zero-order valence-corrected chi connectivity index (χ0v) is 12.5. The van der Waals surface area contributed by atoms with Crippen molar-refractivity contribution < 1.29 is 0 Å². The Morgan fingerprint density at radius 1 is 1.30 bits per heavy atom. The van der Waals surface area contributed by atoms with Crippen LogP contribution in [0.5, 0.6) is 0 Å². The monoisotopic (exact) mass is 270 g/mol. The van der Waals surface area contributed by atoms with Gasteiger partial charge in [0.2, 0.25) is 0 Å². The van der Waals surface area contributed by atoms with Gasteiger partial charge < -0.3 is 5.32 Å². The smallest absolute Gasteiger partial charge is 0.0688 e. The summed E-state index contributed by atoms with van der Waals surface area (Å²) < 4.78 is 0. The molecule has 2 heteroatoms. The van der Waals surface area contributed by atoms with E-state index >= 15 is 0 Å². The predicted molar refractivity (Wildman–Crippen MR) is 85.4 cm³/mol. The average molecular weight is 270 g/mol. The summed E-state index contributed by atoms with van der Waals surface area (Å²) in [5, 5.41) is 3.63. The Morgan fingerprint density at radius 3 is 2.60 bits per heavy atom. The van der Waals surface area contributed by atoms with Crippen LogP contribution in [0, 0.1) is 12.3 Å². The molecule has 1 atom stereocenters. The molecule has 0 bridgehead atoms. The molecule has 1 aromatic carbocycles. The second-order valence-electron chi connectivity index (χ2n) is 5.71. The molecule has 1 N–H and O–H groups in total. The molecule has 1 fully saturated rings. The Kier molecular flexibility index (Phi) is 6.11. The number of nitrogens with zero attached hydrogens (tertiary/aromatic N) is 1. The van der Waals surface area contributed by atoms with Crippen LogP contribution in [0.1, 0.15) is 38.2 Å². The first-order valence-electron chi connectivity index (χ1n) is 7.80. The number of rotatable bonds is 6. The van der Waals surface area contributed by atoms with Gasteiger partial charge in [-0.2, -0.15) is 0 Å². The van der Waals surface area contributed by atoms with Gasteiger partial charge in [-0.3, -0.25) is 4.90 Å². The predicted octanol–water partition coefficient (Wildman–Crippen LogP) is 3.04. The molecule has 108 valence electrons. The van der Waals surface area contributed by atoms with E-state index in [4.69, 9.17) is 6.42 Å². The van der Waals surface area contributed by atoms with Crippen molar-refractivity contribution in [2.24, 2.45) is 0 Å². The number of piperidine rings is 1. The summed E-state index contributed by atoms with van der Waals surface area (Å²) >= 11 is 0. The fourth-order valence-corrected chi connectivity index (χ4v) is 2.89. The molecular formula is C18H26N2. The summed E-state index contributed by atoms with van der Waals surface area (Å²) in [6.45, 7) is 5.58. The van der Waals surface area contributed by atoms with Crippen LogP contribution in [-0.4, -0.2) is 30.1 Å². The van der Waals surface area contributed by atoms with Gasteiger partial charge in [0, 0.05) is 12.6 Å². The number of benzene rings is 1. The molecule has 1 heterocycles. The third kappa shape index (κ3) is 4.67. The van der Waals surface area contributed by atoms with Crippen molar-refractivity contribution in [1.29, 1.82) is 0 Å². The lowest BCUT2D eigenvalue weighted by Gasteiger charge is -2.33. The van der Waals surface area contributed by atoms with Crippen LogP contribution in [0.25, 0.3) is 0 Å². The fourth-order valence-electron chi connectivity index (χ4n) is 2.89. The van der Waals surface area contributed by atoms with Crippen molar-refractivity contribution in [2.75, 3.05) is 13.1 Å². The van der Waals surface area contributed by atoms with Gasteiger partial charge in [0.25, 0.3) is 0 Å². The van der Waals surface area contributed by atoms with Crippen LogP contribution < -0.4 is 5.32 Å². The van der Waals surface area contributed by atoms with Crippen LogP contribution in [0.4, 0.5) is 0 Å². The van der Waals surface area contributed by atoms with Gasteiger partial charge in [-0.1, -0.05) is 49.6 Å². The minimum atomic E-state index is 0.255. The molecule has 0 saturated carbocycles. The molecule has 0 amide bonds. The lowest BCUT2D eigenvalue weighted by Crippen LogP contribution is -2.45. The minimum Gasteiger partial charge on any atom is -0.301 e. The second-order valence-corrected chi connectivity index (χ2v) is 5.71. The van der Waals surface area contributed by atoms with Crippen molar-refractivity contribution in [3.05, 3.63) is 35.9 Å². The summed E-state index contributed by atoms with van der Waals surface area (Å²) in [5.41, 5.74) is 1.41. The van der Waals surface area contributed by atoms with E-state index in [9.17, 15) is 0 Å². The van der Waals surface area contributed by atoms with Gasteiger partial charge in [0.15, 0.2) is 0 Å². The summed E-state index contributed by atoms with van der Waals surface area (Å²) in [6, 6.07) is 11.6. The van der Waals surface area contributed by atoms with E-state index in [-0.39, 0.29) is 6.04 Å². The molecule has 2 nitrogen and oxygen atoms in total. The van der Waals surface area contributed by atoms with Gasteiger partial charge in [0.1, 0.15) is 0 Å². The number of hydrogen-bond acceptors (Lipinski definition) is 2. The maximum absolute atomic E-state index is 5.58. The summed E-state index contributed by atoms with van der Waals surface area (Å²) in [6.07, 6.45) is 10.2. The van der Waals surface area contributed by atoms with Gasteiger partial charge >= 0.3 is 0 Å². The molecule has 1 aliphatic heterocycles. The topological polar surface area (TPSA) is 15.3 Å². The van der Waals surface area contributed by atoms with Gasteiger partial charge in [-0.05, 0) is 37.9 Å². The SMILES string of the molecule is C#CC(CCC)NC1CCN(Cc2ccccc2)CC1. The van der Waals surface area contributed by atoms with Crippen LogP contribution in [-0.2, 0) is 6.54 Å². The average Bonchev–Trinajstić information content (AvgIpc) is 2.50. The molecule has 2 rings (SSSR count). The highest BCUT2D eigenvalue weighted by Gasteiger charge is 2.20. The first-order valence-corrected chi connectivity index (χ1v) is 7.80. The standard InChI is InChI=1S/C18H26N2/c1-3-8-17(4-2)19-18-11-13-20(14-12-18)15-16-9-6-5-7-10-16/h2,5-7,9-10,17-19H,3,8,11-15H2,1H3. The highest BCUT2D eigenvalue weighted by Crippen LogP contribution is 2.14. The van der Waals surface area contributed by atoms with E-state index in [0.29, 0.717) is 6.04 Å². The highest BCUT2D eigenvalue weighted by molar-refractivity contribution is 5.14. The molecule has 0 aromatic heterocycles. The number of likely N-dealkylation sites (tertiary alicyclic amines) is 1. The van der Waals surface area contributed by atoms with Gasteiger partial charge in [0.05, 0.1) is 6.04 Å². The molecule has 0 radical (unpaired) electrons.